The molecule has 1 heterocycles. The Kier molecular flexibility index (Phi) is 6.96. The average molecular weight is 395 g/mol. The fourth-order valence-electron chi connectivity index (χ4n) is 3.83. The van der Waals surface area contributed by atoms with Crippen LogP contribution in [0, 0.1) is 6.92 Å². The van der Waals surface area contributed by atoms with E-state index in [0.29, 0.717) is 6.54 Å². The Morgan fingerprint density at radius 2 is 1.79 bits per heavy atom. The van der Waals surface area contributed by atoms with Gasteiger partial charge in [-0.1, -0.05) is 57.2 Å². The molecule has 0 aliphatic carbocycles. The predicted molar refractivity (Wildman–Crippen MR) is 118 cm³/mol. The maximum Gasteiger partial charge on any atom is 0.258 e. The number of carbonyl (C=O) groups is 1. The minimum absolute atomic E-state index is 0.0408. The molecule has 0 saturated carbocycles. The number of amides is 1. The monoisotopic (exact) mass is 394 g/mol. The summed E-state index contributed by atoms with van der Waals surface area (Å²) in [5.41, 5.74) is 3.86. The molecule has 2 aromatic rings. The first-order valence-corrected chi connectivity index (χ1v) is 10.6. The van der Waals surface area contributed by atoms with E-state index in [-0.39, 0.29) is 24.0 Å². The number of nitrogens with zero attached hydrogens (tertiary/aromatic N) is 1. The van der Waals surface area contributed by atoms with Crippen LogP contribution in [0.1, 0.15) is 56.3 Å². The van der Waals surface area contributed by atoms with Gasteiger partial charge in [-0.25, -0.2) is 0 Å². The number of carbonyl (C=O) groups excluding carboxylic acids is 1. The zero-order valence-corrected chi connectivity index (χ0v) is 18.2. The number of aryl methyl sites for hydroxylation is 1. The summed E-state index contributed by atoms with van der Waals surface area (Å²) in [6.07, 6.45) is 2.45. The average Bonchev–Trinajstić information content (AvgIpc) is 3.21. The van der Waals surface area contributed by atoms with Crippen molar-refractivity contribution in [3.05, 3.63) is 65.2 Å². The van der Waals surface area contributed by atoms with E-state index in [1.807, 2.05) is 31.2 Å². The third-order valence-corrected chi connectivity index (χ3v) is 5.59. The Labute approximate surface area is 175 Å². The fraction of sp³-hybridized carbons (Fsp3) is 0.480. The molecular weight excluding hydrogens is 360 g/mol. The topological polar surface area (TPSA) is 41.6 Å². The SMILES string of the molecule is Cc1cccc(OCC(=O)NCC(c2ccc(C(C)(C)C)cc2)N2CCCC2)c1. The second kappa shape index (κ2) is 9.45. The molecule has 1 fully saturated rings. The van der Waals surface area contributed by atoms with Crippen molar-refractivity contribution in [3.8, 4) is 5.75 Å². The van der Waals surface area contributed by atoms with E-state index < -0.39 is 0 Å². The first-order valence-electron chi connectivity index (χ1n) is 10.6. The lowest BCUT2D eigenvalue weighted by molar-refractivity contribution is -0.123. The van der Waals surface area contributed by atoms with Gasteiger partial charge in [0.05, 0.1) is 6.04 Å². The minimum atomic E-state index is -0.0815. The molecule has 2 aromatic carbocycles. The molecule has 29 heavy (non-hydrogen) atoms. The van der Waals surface area contributed by atoms with Gasteiger partial charge in [0, 0.05) is 6.54 Å². The van der Waals surface area contributed by atoms with Gasteiger partial charge < -0.3 is 10.1 Å². The third kappa shape index (κ3) is 6.07. The van der Waals surface area contributed by atoms with Crippen molar-refractivity contribution in [3.63, 3.8) is 0 Å². The van der Waals surface area contributed by atoms with Crippen LogP contribution in [0.4, 0.5) is 0 Å². The van der Waals surface area contributed by atoms with Crippen LogP contribution in [0.5, 0.6) is 5.75 Å². The molecule has 156 valence electrons. The van der Waals surface area contributed by atoms with Gasteiger partial charge in [-0.05, 0) is 67.1 Å². The number of nitrogens with one attached hydrogen (secondary N) is 1. The number of likely N-dealkylation sites (tertiary alicyclic amines) is 1. The summed E-state index contributed by atoms with van der Waals surface area (Å²) in [5.74, 6) is 0.649. The summed E-state index contributed by atoms with van der Waals surface area (Å²) < 4.78 is 5.64. The van der Waals surface area contributed by atoms with Gasteiger partial charge in [0.25, 0.3) is 5.91 Å². The first kappa shape index (κ1) is 21.4. The lowest BCUT2D eigenvalue weighted by atomic mass is 9.86. The van der Waals surface area contributed by atoms with Gasteiger partial charge in [-0.3, -0.25) is 9.69 Å². The molecule has 1 N–H and O–H groups in total. The number of benzene rings is 2. The molecule has 0 bridgehead atoms. The highest BCUT2D eigenvalue weighted by molar-refractivity contribution is 5.77. The molecule has 0 aromatic heterocycles. The molecule has 1 aliphatic rings. The molecule has 0 radical (unpaired) electrons. The van der Waals surface area contributed by atoms with Gasteiger partial charge in [0.15, 0.2) is 6.61 Å². The van der Waals surface area contributed by atoms with Crippen molar-refractivity contribution in [2.45, 2.75) is 52.0 Å². The van der Waals surface area contributed by atoms with Crippen LogP contribution >= 0.6 is 0 Å². The van der Waals surface area contributed by atoms with Crippen LogP contribution in [-0.2, 0) is 10.2 Å². The standard InChI is InChI=1S/C25H34N2O2/c1-19-8-7-9-22(16-19)29-18-24(28)26-17-23(27-14-5-6-15-27)20-10-12-21(13-11-20)25(2,3)4/h7-13,16,23H,5-6,14-15,17-18H2,1-4H3,(H,26,28). The summed E-state index contributed by atoms with van der Waals surface area (Å²) in [4.78, 5) is 14.9. The van der Waals surface area contributed by atoms with E-state index in [2.05, 4.69) is 55.3 Å². The van der Waals surface area contributed by atoms with Crippen LogP contribution < -0.4 is 10.1 Å². The molecule has 1 atom stereocenters. The van der Waals surface area contributed by atoms with E-state index in [4.69, 9.17) is 4.74 Å². The van der Waals surface area contributed by atoms with Crippen molar-refractivity contribution >= 4 is 5.91 Å². The zero-order chi connectivity index (χ0) is 20.9. The number of rotatable bonds is 7. The van der Waals surface area contributed by atoms with E-state index in [0.717, 1.165) is 24.4 Å². The second-order valence-electron chi connectivity index (χ2n) is 9.04. The molecule has 1 aliphatic heterocycles. The Morgan fingerprint density at radius 3 is 2.41 bits per heavy atom. The number of hydrogen-bond acceptors (Lipinski definition) is 3. The van der Waals surface area contributed by atoms with E-state index in [9.17, 15) is 4.79 Å². The maximum atomic E-state index is 12.4. The molecule has 3 rings (SSSR count). The molecule has 1 amide bonds. The number of ether oxygens (including phenoxy) is 1. The largest absolute Gasteiger partial charge is 0.484 e. The van der Waals surface area contributed by atoms with Crippen molar-refractivity contribution in [1.82, 2.24) is 10.2 Å². The molecule has 0 spiro atoms. The van der Waals surface area contributed by atoms with Gasteiger partial charge in [-0.15, -0.1) is 0 Å². The van der Waals surface area contributed by atoms with Crippen LogP contribution in [0.2, 0.25) is 0 Å². The minimum Gasteiger partial charge on any atom is -0.484 e. The first-order chi connectivity index (χ1) is 13.8. The van der Waals surface area contributed by atoms with Crippen molar-refractivity contribution in [2.75, 3.05) is 26.2 Å². The lowest BCUT2D eigenvalue weighted by Crippen LogP contribution is -2.38. The summed E-state index contributed by atoms with van der Waals surface area (Å²) >= 11 is 0. The van der Waals surface area contributed by atoms with E-state index in [1.54, 1.807) is 0 Å². The Balaban J connectivity index is 1.61. The van der Waals surface area contributed by atoms with Crippen molar-refractivity contribution in [2.24, 2.45) is 0 Å². The quantitative estimate of drug-likeness (QED) is 0.745. The smallest absolute Gasteiger partial charge is 0.258 e. The summed E-state index contributed by atoms with van der Waals surface area (Å²) in [6, 6.07) is 16.9. The van der Waals surface area contributed by atoms with Gasteiger partial charge in [0.1, 0.15) is 5.75 Å². The molecule has 4 heteroatoms. The summed E-state index contributed by atoms with van der Waals surface area (Å²) in [6.45, 7) is 11.5. The van der Waals surface area contributed by atoms with Crippen LogP contribution in [-0.4, -0.2) is 37.0 Å². The zero-order valence-electron chi connectivity index (χ0n) is 18.2. The predicted octanol–water partition coefficient (Wildman–Crippen LogP) is 4.62. The van der Waals surface area contributed by atoms with Crippen molar-refractivity contribution < 1.29 is 9.53 Å². The molecule has 1 saturated heterocycles. The highest BCUT2D eigenvalue weighted by Crippen LogP contribution is 2.28. The summed E-state index contributed by atoms with van der Waals surface area (Å²) in [7, 11) is 0. The Hall–Kier alpha value is -2.33. The highest BCUT2D eigenvalue weighted by atomic mass is 16.5. The van der Waals surface area contributed by atoms with Crippen LogP contribution in [0.25, 0.3) is 0 Å². The van der Waals surface area contributed by atoms with Crippen LogP contribution in [0.3, 0.4) is 0 Å². The summed E-state index contributed by atoms with van der Waals surface area (Å²) in [5, 5.41) is 3.08. The normalized spacial score (nSPS) is 15.9. The second-order valence-corrected chi connectivity index (χ2v) is 9.04. The fourth-order valence-corrected chi connectivity index (χ4v) is 3.83. The lowest BCUT2D eigenvalue weighted by Gasteiger charge is -2.29. The maximum absolute atomic E-state index is 12.4. The Morgan fingerprint density at radius 1 is 1.10 bits per heavy atom. The Bertz CT molecular complexity index is 802. The third-order valence-electron chi connectivity index (χ3n) is 5.59. The molecular formula is C25H34N2O2. The molecule has 4 nitrogen and oxygen atoms in total. The number of hydrogen-bond donors (Lipinski definition) is 1. The van der Waals surface area contributed by atoms with Crippen LogP contribution in [0.15, 0.2) is 48.5 Å². The van der Waals surface area contributed by atoms with E-state index >= 15 is 0 Å². The molecule has 1 unspecified atom stereocenters. The van der Waals surface area contributed by atoms with E-state index in [1.165, 1.54) is 24.0 Å². The van der Waals surface area contributed by atoms with Gasteiger partial charge in [0.2, 0.25) is 0 Å². The van der Waals surface area contributed by atoms with Gasteiger partial charge in [-0.2, -0.15) is 0 Å². The van der Waals surface area contributed by atoms with Crippen molar-refractivity contribution in [1.29, 1.82) is 0 Å². The highest BCUT2D eigenvalue weighted by Gasteiger charge is 2.24. The van der Waals surface area contributed by atoms with Gasteiger partial charge >= 0.3 is 0 Å².